The van der Waals surface area contributed by atoms with E-state index < -0.39 is 6.10 Å². The molecule has 0 fully saturated rings. The number of amides is 1. The Morgan fingerprint density at radius 1 is 0.900 bits per heavy atom. The quantitative estimate of drug-likeness (QED) is 0.550. The van der Waals surface area contributed by atoms with Crippen molar-refractivity contribution in [1.82, 2.24) is 0 Å². The van der Waals surface area contributed by atoms with Crippen molar-refractivity contribution in [3.05, 3.63) is 95.6 Å². The molecule has 0 aliphatic rings. The molecule has 2 N–H and O–H groups in total. The first-order valence-corrected chi connectivity index (χ1v) is 9.93. The van der Waals surface area contributed by atoms with Gasteiger partial charge in [-0.3, -0.25) is 4.79 Å². The fourth-order valence-electron chi connectivity index (χ4n) is 3.04. The summed E-state index contributed by atoms with van der Waals surface area (Å²) in [6.45, 7) is 3.75. The summed E-state index contributed by atoms with van der Waals surface area (Å²) in [5.41, 5.74) is 3.95. The van der Waals surface area contributed by atoms with Crippen LogP contribution in [0.2, 0.25) is 0 Å². The zero-order chi connectivity index (χ0) is 21.3. The third kappa shape index (κ3) is 6.44. The highest BCUT2D eigenvalue weighted by molar-refractivity contribution is 5.88. The molecule has 5 nitrogen and oxygen atoms in total. The summed E-state index contributed by atoms with van der Waals surface area (Å²) >= 11 is 0. The van der Waals surface area contributed by atoms with E-state index in [1.54, 1.807) is 24.3 Å². The molecule has 2 atom stereocenters. The number of carbonyl (C=O) groups excluding carboxylic acids is 1. The van der Waals surface area contributed by atoms with Crippen LogP contribution in [0.25, 0.3) is 0 Å². The predicted molar refractivity (Wildman–Crippen MR) is 118 cm³/mol. The molecule has 156 valence electrons. The molecule has 0 unspecified atom stereocenters. The first-order valence-electron chi connectivity index (χ1n) is 9.93. The Bertz CT molecular complexity index is 924. The highest BCUT2D eigenvalue weighted by Crippen LogP contribution is 2.26. The van der Waals surface area contributed by atoms with E-state index in [0.717, 1.165) is 11.1 Å². The molecule has 30 heavy (non-hydrogen) atoms. The molecular formula is C25H27NO4. The van der Waals surface area contributed by atoms with Gasteiger partial charge in [0.25, 0.3) is 0 Å². The van der Waals surface area contributed by atoms with Crippen LogP contribution in [0.4, 0.5) is 5.69 Å². The Kier molecular flexibility index (Phi) is 7.60. The standard InChI is InChI=1S/C25H27NO4/c1-18-8-10-21(11-9-18)25(20-6-4-3-5-7-20)30-17-23(28)16-29-24-14-12-22(13-15-24)26-19(2)27/h3-15,23,25,28H,16-17H2,1-2H3,(H,26,27)/t23-,25+/m0/s1. The Hall–Kier alpha value is -3.15. The molecule has 0 saturated heterocycles. The summed E-state index contributed by atoms with van der Waals surface area (Å²) in [6.07, 6.45) is -1.05. The Labute approximate surface area is 177 Å². The van der Waals surface area contributed by atoms with Crippen LogP contribution in [0.15, 0.2) is 78.9 Å². The van der Waals surface area contributed by atoms with E-state index in [0.29, 0.717) is 11.4 Å². The average Bonchev–Trinajstić information content (AvgIpc) is 2.75. The number of hydrogen-bond acceptors (Lipinski definition) is 4. The fourth-order valence-corrected chi connectivity index (χ4v) is 3.04. The van der Waals surface area contributed by atoms with Gasteiger partial charge in [0.2, 0.25) is 5.91 Å². The molecule has 3 aromatic rings. The van der Waals surface area contributed by atoms with Gasteiger partial charge >= 0.3 is 0 Å². The van der Waals surface area contributed by atoms with Crippen molar-refractivity contribution in [1.29, 1.82) is 0 Å². The van der Waals surface area contributed by atoms with Gasteiger partial charge < -0.3 is 19.9 Å². The van der Waals surface area contributed by atoms with E-state index in [1.807, 2.05) is 49.4 Å². The first-order chi connectivity index (χ1) is 14.5. The van der Waals surface area contributed by atoms with Gasteiger partial charge in [-0.05, 0) is 42.3 Å². The lowest BCUT2D eigenvalue weighted by molar-refractivity contribution is -0.114. The minimum absolute atomic E-state index is 0.106. The number of aliphatic hydroxyl groups is 1. The average molecular weight is 405 g/mol. The summed E-state index contributed by atoms with van der Waals surface area (Å²) < 4.78 is 11.7. The van der Waals surface area contributed by atoms with E-state index in [-0.39, 0.29) is 25.2 Å². The zero-order valence-corrected chi connectivity index (χ0v) is 17.2. The summed E-state index contributed by atoms with van der Waals surface area (Å²) in [7, 11) is 0. The van der Waals surface area contributed by atoms with Crippen LogP contribution in [0.3, 0.4) is 0 Å². The van der Waals surface area contributed by atoms with Crippen molar-refractivity contribution >= 4 is 11.6 Å². The molecule has 5 heteroatoms. The van der Waals surface area contributed by atoms with Crippen LogP contribution >= 0.6 is 0 Å². The number of aliphatic hydroxyl groups excluding tert-OH is 1. The number of aryl methyl sites for hydroxylation is 1. The van der Waals surface area contributed by atoms with E-state index in [1.165, 1.54) is 12.5 Å². The highest BCUT2D eigenvalue weighted by Gasteiger charge is 2.17. The lowest BCUT2D eigenvalue weighted by Crippen LogP contribution is -2.25. The SMILES string of the molecule is CC(=O)Nc1ccc(OC[C@H](O)CO[C@H](c2ccccc2)c2ccc(C)cc2)cc1. The monoisotopic (exact) mass is 405 g/mol. The van der Waals surface area contributed by atoms with Gasteiger partial charge in [0.1, 0.15) is 24.6 Å². The van der Waals surface area contributed by atoms with Crippen LogP contribution in [0, 0.1) is 6.92 Å². The summed E-state index contributed by atoms with van der Waals surface area (Å²) in [6, 6.07) is 25.2. The lowest BCUT2D eigenvalue weighted by atomic mass is 10.0. The zero-order valence-electron chi connectivity index (χ0n) is 17.2. The topological polar surface area (TPSA) is 67.8 Å². The lowest BCUT2D eigenvalue weighted by Gasteiger charge is -2.21. The second-order valence-electron chi connectivity index (χ2n) is 7.21. The van der Waals surface area contributed by atoms with Gasteiger partial charge in [-0.25, -0.2) is 0 Å². The number of hydrogen-bond donors (Lipinski definition) is 2. The smallest absolute Gasteiger partial charge is 0.221 e. The van der Waals surface area contributed by atoms with E-state index in [4.69, 9.17) is 9.47 Å². The minimum atomic E-state index is -0.781. The maximum atomic E-state index is 11.1. The number of rotatable bonds is 9. The first kappa shape index (κ1) is 21.6. The number of anilines is 1. The van der Waals surface area contributed by atoms with E-state index in [9.17, 15) is 9.90 Å². The predicted octanol–water partition coefficient (Wildman–Crippen LogP) is 4.50. The molecule has 0 saturated carbocycles. The van der Waals surface area contributed by atoms with Crippen molar-refractivity contribution < 1.29 is 19.4 Å². The maximum absolute atomic E-state index is 11.1. The van der Waals surface area contributed by atoms with Gasteiger partial charge in [-0.1, -0.05) is 60.2 Å². The summed E-state index contributed by atoms with van der Waals surface area (Å²) in [4.78, 5) is 11.1. The number of carbonyl (C=O) groups is 1. The van der Waals surface area contributed by atoms with Crippen molar-refractivity contribution in [2.24, 2.45) is 0 Å². The molecule has 0 aliphatic heterocycles. The largest absolute Gasteiger partial charge is 0.491 e. The van der Waals surface area contributed by atoms with E-state index in [2.05, 4.69) is 17.4 Å². The highest BCUT2D eigenvalue weighted by atomic mass is 16.5. The van der Waals surface area contributed by atoms with Gasteiger partial charge in [0.05, 0.1) is 6.61 Å². The number of ether oxygens (including phenoxy) is 2. The molecule has 1 amide bonds. The molecule has 0 bridgehead atoms. The van der Waals surface area contributed by atoms with Crippen LogP contribution in [0.5, 0.6) is 5.75 Å². The molecule has 0 heterocycles. The second-order valence-corrected chi connectivity index (χ2v) is 7.21. The third-order valence-corrected chi connectivity index (χ3v) is 4.55. The van der Waals surface area contributed by atoms with Crippen molar-refractivity contribution in [2.45, 2.75) is 26.1 Å². The van der Waals surface area contributed by atoms with Crippen molar-refractivity contribution in [3.63, 3.8) is 0 Å². The van der Waals surface area contributed by atoms with E-state index >= 15 is 0 Å². The van der Waals surface area contributed by atoms with Gasteiger partial charge in [-0.2, -0.15) is 0 Å². The van der Waals surface area contributed by atoms with Crippen molar-refractivity contribution in [3.8, 4) is 5.75 Å². The minimum Gasteiger partial charge on any atom is -0.491 e. The summed E-state index contributed by atoms with van der Waals surface area (Å²) in [5.74, 6) is 0.485. The fraction of sp³-hybridized carbons (Fsp3) is 0.240. The van der Waals surface area contributed by atoms with Crippen LogP contribution in [-0.2, 0) is 9.53 Å². The van der Waals surface area contributed by atoms with Crippen LogP contribution in [-0.4, -0.2) is 30.3 Å². The molecule has 3 aromatic carbocycles. The Balaban J connectivity index is 1.57. The van der Waals surface area contributed by atoms with Crippen molar-refractivity contribution in [2.75, 3.05) is 18.5 Å². The normalized spacial score (nSPS) is 12.8. The van der Waals surface area contributed by atoms with Crippen LogP contribution in [0.1, 0.15) is 29.7 Å². The maximum Gasteiger partial charge on any atom is 0.221 e. The molecule has 0 spiro atoms. The third-order valence-electron chi connectivity index (χ3n) is 4.55. The Morgan fingerprint density at radius 2 is 1.53 bits per heavy atom. The van der Waals surface area contributed by atoms with Crippen LogP contribution < -0.4 is 10.1 Å². The van der Waals surface area contributed by atoms with Gasteiger partial charge in [0, 0.05) is 12.6 Å². The molecular weight excluding hydrogens is 378 g/mol. The molecule has 0 aliphatic carbocycles. The molecule has 0 radical (unpaired) electrons. The second kappa shape index (κ2) is 10.6. The molecule has 0 aromatic heterocycles. The number of benzene rings is 3. The Morgan fingerprint density at radius 3 is 2.17 bits per heavy atom. The number of nitrogens with one attached hydrogen (secondary N) is 1. The summed E-state index contributed by atoms with van der Waals surface area (Å²) in [5, 5.41) is 13.1. The van der Waals surface area contributed by atoms with Gasteiger partial charge in [-0.15, -0.1) is 0 Å². The van der Waals surface area contributed by atoms with Gasteiger partial charge in [0.15, 0.2) is 0 Å². The molecule has 3 rings (SSSR count).